The van der Waals surface area contributed by atoms with Crippen molar-refractivity contribution in [3.8, 4) is 5.75 Å². The van der Waals surface area contributed by atoms with E-state index in [1.165, 1.54) is 30.7 Å². The van der Waals surface area contributed by atoms with Gasteiger partial charge in [-0.15, -0.1) is 0 Å². The van der Waals surface area contributed by atoms with E-state index in [-0.39, 0.29) is 23.1 Å². The van der Waals surface area contributed by atoms with Gasteiger partial charge < -0.3 is 14.8 Å². The van der Waals surface area contributed by atoms with E-state index >= 15 is 0 Å². The van der Waals surface area contributed by atoms with Crippen molar-refractivity contribution in [1.82, 2.24) is 5.32 Å². The van der Waals surface area contributed by atoms with Crippen LogP contribution in [-0.2, 0) is 29.8 Å². The van der Waals surface area contributed by atoms with Gasteiger partial charge in [-0.1, -0.05) is 18.2 Å². The molecule has 2 aliphatic heterocycles. The Kier molecular flexibility index (Phi) is 5.44. The molecule has 3 aliphatic rings. The highest BCUT2D eigenvalue weighted by atomic mass is 32.2. The summed E-state index contributed by atoms with van der Waals surface area (Å²) in [4.78, 5) is 25.9. The lowest BCUT2D eigenvalue weighted by Gasteiger charge is -2.49. The minimum absolute atomic E-state index is 0.0138. The minimum atomic E-state index is -4.05. The maximum Gasteiger partial charge on any atom is 0.310 e. The Balaban J connectivity index is 1.75. The molecule has 2 aromatic rings. The maximum absolute atomic E-state index is 14.2. The number of anilines is 1. The zero-order valence-electron chi connectivity index (χ0n) is 19.4. The van der Waals surface area contributed by atoms with Crippen molar-refractivity contribution < 1.29 is 27.5 Å². The van der Waals surface area contributed by atoms with Crippen LogP contribution >= 0.6 is 0 Å². The molecule has 0 aromatic heterocycles. The molecule has 1 N–H and O–H groups in total. The number of carbonyl (C=O) groups is 2. The number of carbonyl (C=O) groups excluding carboxylic acids is 2. The number of benzene rings is 2. The summed E-state index contributed by atoms with van der Waals surface area (Å²) in [6, 6.07) is 12.7. The first-order chi connectivity index (χ1) is 16.3. The molecule has 1 aliphatic carbocycles. The molecular weight excluding hydrogens is 456 g/mol. The van der Waals surface area contributed by atoms with Crippen molar-refractivity contribution >= 4 is 27.5 Å². The molecule has 2 aromatic carbocycles. The molecule has 2 fully saturated rings. The van der Waals surface area contributed by atoms with Crippen LogP contribution in [0.2, 0.25) is 0 Å². The van der Waals surface area contributed by atoms with Crippen LogP contribution in [0.5, 0.6) is 5.75 Å². The van der Waals surface area contributed by atoms with Crippen LogP contribution in [0.3, 0.4) is 0 Å². The predicted octanol–water partition coefficient (Wildman–Crippen LogP) is 2.27. The van der Waals surface area contributed by atoms with Crippen molar-refractivity contribution in [2.45, 2.75) is 42.2 Å². The summed E-state index contributed by atoms with van der Waals surface area (Å²) in [6.07, 6.45) is 0.847. The first-order valence-electron chi connectivity index (χ1n) is 11.4. The molecule has 1 unspecified atom stereocenters. The Labute approximate surface area is 199 Å². The van der Waals surface area contributed by atoms with Crippen LogP contribution in [0.4, 0.5) is 5.69 Å². The average Bonchev–Trinajstić information content (AvgIpc) is 3.42. The van der Waals surface area contributed by atoms with E-state index in [0.29, 0.717) is 24.4 Å². The number of esters is 1. The van der Waals surface area contributed by atoms with Gasteiger partial charge in [-0.05, 0) is 62.2 Å². The lowest BCUT2D eigenvalue weighted by molar-refractivity contribution is -0.149. The standard InChI is InChI=1S/C25H28N2O6S/c1-15(28)18-14-19(24(29)33-3)23-25(12-13-26-22(18)25)20-6-4-5-7-21(20)27(23)34(30,31)17-10-8-16(32-2)9-11-17/h4-11,18-19,22-23,26H,12-14H2,1-3H3/t18?,19-,22+,23+,25-/m1/s1. The van der Waals surface area contributed by atoms with Gasteiger partial charge in [0.2, 0.25) is 0 Å². The Bertz CT molecular complexity index is 1240. The zero-order chi connectivity index (χ0) is 24.3. The SMILES string of the molecule is COC(=O)[C@@H]1CC(C(C)=O)[C@@H]2NCC[C@@]23c2ccccc2N(S(=O)(=O)c2ccc(OC)cc2)[C@@H]13. The third-order valence-corrected chi connectivity index (χ3v) is 9.62. The summed E-state index contributed by atoms with van der Waals surface area (Å²) >= 11 is 0. The lowest BCUT2D eigenvalue weighted by Crippen LogP contribution is -2.64. The van der Waals surface area contributed by atoms with E-state index in [0.717, 1.165) is 5.56 Å². The number of sulfonamides is 1. The molecule has 8 nitrogen and oxygen atoms in total. The van der Waals surface area contributed by atoms with Gasteiger partial charge in [0.05, 0.1) is 36.8 Å². The van der Waals surface area contributed by atoms with Crippen LogP contribution in [0.1, 0.15) is 25.3 Å². The number of ketones is 1. The van der Waals surface area contributed by atoms with Gasteiger partial charge in [-0.3, -0.25) is 13.9 Å². The van der Waals surface area contributed by atoms with Crippen LogP contribution in [0.25, 0.3) is 0 Å². The number of hydrogen-bond donors (Lipinski definition) is 1. The molecule has 0 amide bonds. The van der Waals surface area contributed by atoms with Gasteiger partial charge in [-0.25, -0.2) is 8.42 Å². The third kappa shape index (κ3) is 3.03. The van der Waals surface area contributed by atoms with Crippen molar-refractivity contribution in [3.63, 3.8) is 0 Å². The number of ether oxygens (including phenoxy) is 2. The normalized spacial score (nSPS) is 29.7. The van der Waals surface area contributed by atoms with Crippen molar-refractivity contribution in [1.29, 1.82) is 0 Å². The van der Waals surface area contributed by atoms with Crippen LogP contribution < -0.4 is 14.4 Å². The Hall–Kier alpha value is -2.91. The molecule has 1 spiro atoms. The summed E-state index contributed by atoms with van der Waals surface area (Å²) in [7, 11) is -1.22. The number of nitrogens with one attached hydrogen (secondary N) is 1. The third-order valence-electron chi connectivity index (χ3n) is 7.81. The van der Waals surface area contributed by atoms with Gasteiger partial charge in [-0.2, -0.15) is 0 Å². The lowest BCUT2D eigenvalue weighted by atomic mass is 9.57. The Morgan fingerprint density at radius 2 is 1.76 bits per heavy atom. The van der Waals surface area contributed by atoms with Crippen LogP contribution in [0, 0.1) is 11.8 Å². The zero-order valence-corrected chi connectivity index (χ0v) is 20.2. The first kappa shape index (κ1) is 22.9. The first-order valence-corrected chi connectivity index (χ1v) is 12.8. The highest BCUT2D eigenvalue weighted by Gasteiger charge is 2.68. The second kappa shape index (κ2) is 8.09. The fraction of sp³-hybridized carbons (Fsp3) is 0.440. The van der Waals surface area contributed by atoms with E-state index in [2.05, 4.69) is 5.32 Å². The fourth-order valence-corrected chi connectivity index (χ4v) is 8.22. The van der Waals surface area contributed by atoms with E-state index in [1.807, 2.05) is 12.1 Å². The van der Waals surface area contributed by atoms with E-state index in [4.69, 9.17) is 9.47 Å². The second-order valence-corrected chi connectivity index (χ2v) is 11.1. The van der Waals surface area contributed by atoms with E-state index in [1.54, 1.807) is 31.2 Å². The fourth-order valence-electron chi connectivity index (χ4n) is 6.46. The average molecular weight is 485 g/mol. The predicted molar refractivity (Wildman–Crippen MR) is 125 cm³/mol. The van der Waals surface area contributed by atoms with Gasteiger partial charge in [0, 0.05) is 17.4 Å². The maximum atomic E-state index is 14.2. The molecule has 180 valence electrons. The van der Waals surface area contributed by atoms with Gasteiger partial charge in [0.15, 0.2) is 0 Å². The molecule has 9 heteroatoms. The largest absolute Gasteiger partial charge is 0.497 e. The van der Waals surface area contributed by atoms with Crippen molar-refractivity contribution in [3.05, 3.63) is 54.1 Å². The van der Waals surface area contributed by atoms with Gasteiger partial charge in [0.1, 0.15) is 11.5 Å². The number of para-hydroxylation sites is 1. The summed E-state index contributed by atoms with van der Waals surface area (Å²) in [5, 5.41) is 3.49. The Morgan fingerprint density at radius 1 is 1.06 bits per heavy atom. The van der Waals surface area contributed by atoms with Crippen LogP contribution in [0.15, 0.2) is 53.4 Å². The monoisotopic (exact) mass is 484 g/mol. The summed E-state index contributed by atoms with van der Waals surface area (Å²) < 4.78 is 40.1. The molecule has 1 saturated heterocycles. The molecule has 5 rings (SSSR count). The number of hydrogen-bond acceptors (Lipinski definition) is 7. The van der Waals surface area contributed by atoms with Crippen molar-refractivity contribution in [2.24, 2.45) is 11.8 Å². The molecule has 0 radical (unpaired) electrons. The molecule has 0 bridgehead atoms. The molecule has 1 saturated carbocycles. The molecule has 34 heavy (non-hydrogen) atoms. The minimum Gasteiger partial charge on any atom is -0.497 e. The molecule has 2 heterocycles. The number of methoxy groups -OCH3 is 2. The Morgan fingerprint density at radius 3 is 2.41 bits per heavy atom. The number of rotatable bonds is 5. The van der Waals surface area contributed by atoms with Gasteiger partial charge in [0.25, 0.3) is 10.0 Å². The molecular formula is C25H28N2O6S. The van der Waals surface area contributed by atoms with E-state index < -0.39 is 39.3 Å². The van der Waals surface area contributed by atoms with Crippen molar-refractivity contribution in [2.75, 3.05) is 25.1 Å². The number of Topliss-reactive ketones (excluding diaryl/α,β-unsaturated/α-hetero) is 1. The summed E-state index contributed by atoms with van der Waals surface area (Å²) in [5.74, 6) is -1.16. The quantitative estimate of drug-likeness (QED) is 0.650. The summed E-state index contributed by atoms with van der Waals surface area (Å²) in [5.41, 5.74) is 0.686. The highest BCUT2D eigenvalue weighted by molar-refractivity contribution is 7.93. The summed E-state index contributed by atoms with van der Waals surface area (Å²) in [6.45, 7) is 2.17. The molecule has 5 atom stereocenters. The number of nitrogens with zero attached hydrogens (tertiary/aromatic N) is 1. The number of fused-ring (bicyclic) bond motifs is 1. The van der Waals surface area contributed by atoms with E-state index in [9.17, 15) is 18.0 Å². The smallest absolute Gasteiger partial charge is 0.310 e. The topological polar surface area (TPSA) is 102 Å². The second-order valence-electron chi connectivity index (χ2n) is 9.24. The van der Waals surface area contributed by atoms with Gasteiger partial charge >= 0.3 is 5.97 Å². The highest BCUT2D eigenvalue weighted by Crippen LogP contribution is 2.60. The van der Waals surface area contributed by atoms with Crippen LogP contribution in [-0.4, -0.2) is 53.0 Å².